The third-order valence-electron chi connectivity index (χ3n) is 1.56. The minimum atomic E-state index is -3.15. The third kappa shape index (κ3) is 1.99. The number of rotatable bonds is 2. The maximum Gasteiger partial charge on any atom is 0.300 e. The molecular formula is C7H2ClF2N3O2. The molecule has 0 unspecified atom stereocenters. The number of aromatic nitrogens is 1. The number of pyridine rings is 1. The Balaban J connectivity index is 3.60. The van der Waals surface area contributed by atoms with Gasteiger partial charge in [-0.1, -0.05) is 11.6 Å². The molecule has 0 aliphatic rings. The zero-order chi connectivity index (χ0) is 11.6. The predicted octanol–water partition coefficient (Wildman–Crippen LogP) is 2.45. The average Bonchev–Trinajstić information content (AvgIpc) is 2.16. The van der Waals surface area contributed by atoms with Gasteiger partial charge in [0.15, 0.2) is 0 Å². The predicted molar refractivity (Wildman–Crippen MR) is 45.6 cm³/mol. The van der Waals surface area contributed by atoms with E-state index < -0.39 is 33.3 Å². The van der Waals surface area contributed by atoms with Gasteiger partial charge in [-0.05, 0) is 0 Å². The molecule has 1 aromatic heterocycles. The van der Waals surface area contributed by atoms with Gasteiger partial charge < -0.3 is 0 Å². The van der Waals surface area contributed by atoms with Crippen molar-refractivity contribution in [1.82, 2.24) is 4.98 Å². The van der Waals surface area contributed by atoms with Crippen molar-refractivity contribution in [2.24, 2.45) is 0 Å². The van der Waals surface area contributed by atoms with Crippen molar-refractivity contribution in [3.63, 3.8) is 0 Å². The monoisotopic (exact) mass is 233 g/mol. The Morgan fingerprint density at radius 2 is 2.27 bits per heavy atom. The van der Waals surface area contributed by atoms with Crippen molar-refractivity contribution < 1.29 is 13.7 Å². The molecule has 1 rings (SSSR count). The lowest BCUT2D eigenvalue weighted by molar-refractivity contribution is -0.386. The van der Waals surface area contributed by atoms with Gasteiger partial charge in [0.1, 0.15) is 22.3 Å². The molecule has 8 heteroatoms. The van der Waals surface area contributed by atoms with E-state index in [-0.39, 0.29) is 0 Å². The Morgan fingerprint density at radius 3 is 2.67 bits per heavy atom. The molecule has 0 N–H and O–H groups in total. The van der Waals surface area contributed by atoms with Crippen molar-refractivity contribution in [3.8, 4) is 6.07 Å². The zero-order valence-corrected chi connectivity index (χ0v) is 7.70. The molecule has 15 heavy (non-hydrogen) atoms. The number of halogens is 3. The Bertz CT molecular complexity index is 458. The van der Waals surface area contributed by atoms with E-state index in [4.69, 9.17) is 16.9 Å². The van der Waals surface area contributed by atoms with E-state index in [2.05, 4.69) is 4.98 Å². The number of hydrogen-bond acceptors (Lipinski definition) is 4. The summed E-state index contributed by atoms with van der Waals surface area (Å²) in [6.07, 6.45) is -2.37. The lowest BCUT2D eigenvalue weighted by Crippen LogP contribution is -2.01. The summed E-state index contributed by atoms with van der Waals surface area (Å²) in [5, 5.41) is 18.3. The minimum absolute atomic E-state index is 0.542. The molecule has 0 aromatic carbocycles. The fraction of sp³-hybridized carbons (Fsp3) is 0.143. The SMILES string of the molecule is N#Cc1cnc(Cl)c(C(F)F)c1[N+](=O)[O-]. The maximum absolute atomic E-state index is 12.4. The number of nitro groups is 1. The number of alkyl halides is 2. The lowest BCUT2D eigenvalue weighted by atomic mass is 10.1. The van der Waals surface area contributed by atoms with Crippen LogP contribution >= 0.6 is 11.6 Å². The molecule has 0 fully saturated rings. The van der Waals surface area contributed by atoms with Crippen LogP contribution in [0.3, 0.4) is 0 Å². The van der Waals surface area contributed by atoms with Gasteiger partial charge in [0.25, 0.3) is 6.43 Å². The van der Waals surface area contributed by atoms with Crippen LogP contribution in [0.15, 0.2) is 6.20 Å². The molecule has 0 aliphatic carbocycles. The fourth-order valence-corrected chi connectivity index (χ4v) is 1.19. The summed E-state index contributed by atoms with van der Waals surface area (Å²) in [7, 11) is 0. The van der Waals surface area contributed by atoms with Gasteiger partial charge in [0, 0.05) is 0 Å². The van der Waals surface area contributed by atoms with Gasteiger partial charge in [-0.2, -0.15) is 5.26 Å². The Hall–Kier alpha value is -1.81. The van der Waals surface area contributed by atoms with E-state index >= 15 is 0 Å². The molecular weight excluding hydrogens is 232 g/mol. The van der Waals surface area contributed by atoms with Crippen LogP contribution < -0.4 is 0 Å². The highest BCUT2D eigenvalue weighted by Gasteiger charge is 2.29. The van der Waals surface area contributed by atoms with E-state index in [9.17, 15) is 18.9 Å². The van der Waals surface area contributed by atoms with Gasteiger partial charge in [0.2, 0.25) is 0 Å². The van der Waals surface area contributed by atoms with Crippen LogP contribution in [0.25, 0.3) is 0 Å². The summed E-state index contributed by atoms with van der Waals surface area (Å²) >= 11 is 5.29. The summed E-state index contributed by atoms with van der Waals surface area (Å²) in [4.78, 5) is 12.7. The van der Waals surface area contributed by atoms with Crippen molar-refractivity contribution >= 4 is 17.3 Å². The van der Waals surface area contributed by atoms with Gasteiger partial charge >= 0.3 is 5.69 Å². The van der Waals surface area contributed by atoms with Gasteiger partial charge in [-0.15, -0.1) is 0 Å². The van der Waals surface area contributed by atoms with Gasteiger partial charge in [-0.3, -0.25) is 10.1 Å². The summed E-state index contributed by atoms with van der Waals surface area (Å²) < 4.78 is 24.9. The van der Waals surface area contributed by atoms with Crippen molar-refractivity contribution in [2.75, 3.05) is 0 Å². The smallest absolute Gasteiger partial charge is 0.258 e. The van der Waals surface area contributed by atoms with E-state index in [1.54, 1.807) is 0 Å². The molecule has 1 aromatic rings. The van der Waals surface area contributed by atoms with Crippen molar-refractivity contribution in [1.29, 1.82) is 5.26 Å². The molecule has 1 heterocycles. The van der Waals surface area contributed by atoms with E-state index in [0.29, 0.717) is 0 Å². The average molecular weight is 234 g/mol. The summed E-state index contributed by atoms with van der Waals surface area (Å²) in [5.41, 5.74) is -2.56. The first-order valence-electron chi connectivity index (χ1n) is 3.50. The highest BCUT2D eigenvalue weighted by atomic mass is 35.5. The molecule has 0 spiro atoms. The number of nitrogens with zero attached hydrogens (tertiary/aromatic N) is 3. The highest BCUT2D eigenvalue weighted by Crippen LogP contribution is 2.35. The van der Waals surface area contributed by atoms with Crippen molar-refractivity contribution in [2.45, 2.75) is 6.43 Å². The Morgan fingerprint density at radius 1 is 1.67 bits per heavy atom. The molecule has 0 atom stereocenters. The first kappa shape index (κ1) is 11.3. The van der Waals surface area contributed by atoms with Crippen LogP contribution in [0.1, 0.15) is 17.6 Å². The standard InChI is InChI=1S/C7H2ClF2N3O2/c8-6-4(7(9)10)5(13(14)15)3(1-11)2-12-6/h2,7H. The Kier molecular flexibility index (Phi) is 3.11. The number of hydrogen-bond donors (Lipinski definition) is 0. The summed E-state index contributed by atoms with van der Waals surface area (Å²) in [6, 6.07) is 1.40. The second kappa shape index (κ2) is 4.14. The van der Waals surface area contributed by atoms with E-state index in [0.717, 1.165) is 6.20 Å². The lowest BCUT2D eigenvalue weighted by Gasteiger charge is -2.03. The topological polar surface area (TPSA) is 79.8 Å². The molecule has 0 bridgehead atoms. The Labute approximate surface area is 87.1 Å². The molecule has 0 amide bonds. The normalized spacial score (nSPS) is 10.1. The molecule has 0 saturated heterocycles. The molecule has 78 valence electrons. The van der Waals surface area contributed by atoms with Gasteiger partial charge in [0.05, 0.1) is 11.1 Å². The first-order chi connectivity index (χ1) is 6.99. The maximum atomic E-state index is 12.4. The first-order valence-corrected chi connectivity index (χ1v) is 3.87. The van der Waals surface area contributed by atoms with Crippen LogP contribution in [0.4, 0.5) is 14.5 Å². The zero-order valence-electron chi connectivity index (χ0n) is 6.95. The number of nitriles is 1. The van der Waals surface area contributed by atoms with Gasteiger partial charge in [-0.25, -0.2) is 13.8 Å². The van der Waals surface area contributed by atoms with Crippen LogP contribution in [0.5, 0.6) is 0 Å². The van der Waals surface area contributed by atoms with Crippen LogP contribution in [-0.4, -0.2) is 9.91 Å². The molecule has 0 saturated carbocycles. The largest absolute Gasteiger partial charge is 0.300 e. The third-order valence-corrected chi connectivity index (χ3v) is 1.86. The molecule has 5 nitrogen and oxygen atoms in total. The highest BCUT2D eigenvalue weighted by molar-refractivity contribution is 6.30. The van der Waals surface area contributed by atoms with E-state index in [1.807, 2.05) is 0 Å². The van der Waals surface area contributed by atoms with Crippen LogP contribution in [0, 0.1) is 21.4 Å². The second-order valence-electron chi connectivity index (χ2n) is 2.39. The summed E-state index contributed by atoms with van der Waals surface area (Å²) in [6.45, 7) is 0. The van der Waals surface area contributed by atoms with Crippen LogP contribution in [-0.2, 0) is 0 Å². The molecule has 0 radical (unpaired) electrons. The summed E-state index contributed by atoms with van der Waals surface area (Å²) in [5.74, 6) is 0. The van der Waals surface area contributed by atoms with E-state index in [1.165, 1.54) is 6.07 Å². The fourth-order valence-electron chi connectivity index (χ4n) is 0.967. The van der Waals surface area contributed by atoms with Crippen molar-refractivity contribution in [3.05, 3.63) is 32.6 Å². The van der Waals surface area contributed by atoms with Crippen LogP contribution in [0.2, 0.25) is 5.15 Å². The second-order valence-corrected chi connectivity index (χ2v) is 2.75. The molecule has 0 aliphatic heterocycles. The minimum Gasteiger partial charge on any atom is -0.258 e. The quantitative estimate of drug-likeness (QED) is 0.446.